The average molecular weight is 355 g/mol. The number of hydrogen-bond donors (Lipinski definition) is 0. The third-order valence-electron chi connectivity index (χ3n) is 5.17. The highest BCUT2D eigenvalue weighted by Crippen LogP contribution is 2.20. The molecular formula is C21H26FN3O. The van der Waals surface area contributed by atoms with Gasteiger partial charge < -0.3 is 4.90 Å². The Balaban J connectivity index is 1.62. The number of nitrogens with zero attached hydrogens (tertiary/aromatic N) is 3. The number of likely N-dealkylation sites (tertiary alicyclic amines) is 1. The molecule has 1 saturated heterocycles. The van der Waals surface area contributed by atoms with E-state index in [0.29, 0.717) is 24.7 Å². The van der Waals surface area contributed by atoms with Crippen LogP contribution in [0.1, 0.15) is 40.9 Å². The molecule has 0 aliphatic carbocycles. The number of halogens is 1. The molecule has 1 aromatic carbocycles. The van der Waals surface area contributed by atoms with Gasteiger partial charge in [0.15, 0.2) is 0 Å². The van der Waals surface area contributed by atoms with Crippen molar-refractivity contribution >= 4 is 5.91 Å². The molecule has 2 aromatic rings. The first-order valence-corrected chi connectivity index (χ1v) is 9.21. The Morgan fingerprint density at radius 2 is 2.08 bits per heavy atom. The molecule has 138 valence electrons. The van der Waals surface area contributed by atoms with Crippen LogP contribution in [0, 0.1) is 12.7 Å². The molecule has 0 bridgehead atoms. The summed E-state index contributed by atoms with van der Waals surface area (Å²) in [5, 5.41) is 0. The van der Waals surface area contributed by atoms with Crippen molar-refractivity contribution in [3.05, 3.63) is 65.2 Å². The molecular weight excluding hydrogens is 329 g/mol. The second kappa shape index (κ2) is 8.41. The lowest BCUT2D eigenvalue weighted by molar-refractivity contribution is 0.0752. The van der Waals surface area contributed by atoms with Gasteiger partial charge in [-0.05, 0) is 57.0 Å². The highest BCUT2D eigenvalue weighted by molar-refractivity contribution is 5.94. The van der Waals surface area contributed by atoms with Crippen molar-refractivity contribution in [3.63, 3.8) is 0 Å². The van der Waals surface area contributed by atoms with E-state index in [4.69, 9.17) is 0 Å². The van der Waals surface area contributed by atoms with Crippen molar-refractivity contribution in [3.8, 4) is 0 Å². The second-order valence-corrected chi connectivity index (χ2v) is 7.05. The van der Waals surface area contributed by atoms with E-state index in [1.54, 1.807) is 30.0 Å². The van der Waals surface area contributed by atoms with Gasteiger partial charge in [0.05, 0.1) is 11.3 Å². The molecule has 0 radical (unpaired) electrons. The molecule has 26 heavy (non-hydrogen) atoms. The molecule has 1 aromatic heterocycles. The van der Waals surface area contributed by atoms with Crippen LogP contribution in [0.4, 0.5) is 4.39 Å². The summed E-state index contributed by atoms with van der Waals surface area (Å²) in [7, 11) is 2.11. The van der Waals surface area contributed by atoms with Crippen LogP contribution >= 0.6 is 0 Å². The van der Waals surface area contributed by atoms with Gasteiger partial charge in [-0.15, -0.1) is 0 Å². The molecule has 0 spiro atoms. The highest BCUT2D eigenvalue weighted by Gasteiger charge is 2.25. The molecule has 1 fully saturated rings. The SMILES string of the molecule is Cc1cccc(C(=O)N2CCC[C@@H](N(C)Cc3ccccn3)CC2)c1F. The minimum atomic E-state index is -0.398. The molecule has 0 N–H and O–H groups in total. The van der Waals surface area contributed by atoms with Gasteiger partial charge in [-0.25, -0.2) is 4.39 Å². The number of carbonyl (C=O) groups excluding carboxylic acids is 1. The third kappa shape index (κ3) is 4.28. The average Bonchev–Trinajstić information content (AvgIpc) is 2.90. The Morgan fingerprint density at radius 3 is 2.85 bits per heavy atom. The van der Waals surface area contributed by atoms with Crippen molar-refractivity contribution < 1.29 is 9.18 Å². The van der Waals surface area contributed by atoms with Crippen molar-refractivity contribution in [2.45, 2.75) is 38.8 Å². The van der Waals surface area contributed by atoms with E-state index < -0.39 is 5.82 Å². The summed E-state index contributed by atoms with van der Waals surface area (Å²) in [4.78, 5) is 21.3. The largest absolute Gasteiger partial charge is 0.338 e. The van der Waals surface area contributed by atoms with E-state index in [1.165, 1.54) is 0 Å². The van der Waals surface area contributed by atoms with Gasteiger partial charge >= 0.3 is 0 Å². The second-order valence-electron chi connectivity index (χ2n) is 7.05. The zero-order chi connectivity index (χ0) is 18.5. The van der Waals surface area contributed by atoms with Crippen molar-refractivity contribution in [2.24, 2.45) is 0 Å². The van der Waals surface area contributed by atoms with Gasteiger partial charge in [0.25, 0.3) is 5.91 Å². The van der Waals surface area contributed by atoms with Crippen molar-refractivity contribution in [1.29, 1.82) is 0 Å². The van der Waals surface area contributed by atoms with Crippen LogP contribution in [0.2, 0.25) is 0 Å². The number of aromatic nitrogens is 1. The molecule has 3 rings (SSSR count). The van der Waals surface area contributed by atoms with Gasteiger partial charge in [-0.2, -0.15) is 0 Å². The zero-order valence-electron chi connectivity index (χ0n) is 15.5. The Bertz CT molecular complexity index is 750. The maximum atomic E-state index is 14.3. The van der Waals surface area contributed by atoms with E-state index in [0.717, 1.165) is 31.5 Å². The minimum Gasteiger partial charge on any atom is -0.338 e. The molecule has 0 saturated carbocycles. The smallest absolute Gasteiger partial charge is 0.256 e. The molecule has 5 heteroatoms. The summed E-state index contributed by atoms with van der Waals surface area (Å²) >= 11 is 0. The highest BCUT2D eigenvalue weighted by atomic mass is 19.1. The predicted octanol–water partition coefficient (Wildman–Crippen LogP) is 3.66. The fraction of sp³-hybridized carbons (Fsp3) is 0.429. The summed E-state index contributed by atoms with van der Waals surface area (Å²) in [5.41, 5.74) is 1.75. The number of aryl methyl sites for hydroxylation is 1. The zero-order valence-corrected chi connectivity index (χ0v) is 15.5. The van der Waals surface area contributed by atoms with Crippen LogP contribution in [0.5, 0.6) is 0 Å². The Kier molecular flexibility index (Phi) is 5.99. The fourth-order valence-corrected chi connectivity index (χ4v) is 3.58. The Morgan fingerprint density at radius 1 is 1.23 bits per heavy atom. The standard InChI is InChI=1S/C21H26FN3O/c1-16-7-5-10-19(20(16)22)21(26)25-13-6-9-18(11-14-25)24(2)15-17-8-3-4-12-23-17/h3-5,7-8,10,12,18H,6,9,11,13-15H2,1-2H3/t18-/m1/s1. The topological polar surface area (TPSA) is 36.4 Å². The first-order valence-electron chi connectivity index (χ1n) is 9.21. The molecule has 1 aliphatic heterocycles. The van der Waals surface area contributed by atoms with Crippen LogP contribution in [0.15, 0.2) is 42.6 Å². The number of benzene rings is 1. The first-order chi connectivity index (χ1) is 12.6. The van der Waals surface area contributed by atoms with Crippen LogP contribution in [0.3, 0.4) is 0 Å². The van der Waals surface area contributed by atoms with Crippen molar-refractivity contribution in [2.75, 3.05) is 20.1 Å². The van der Waals surface area contributed by atoms with Gasteiger partial charge in [0.1, 0.15) is 5.82 Å². The molecule has 1 aliphatic rings. The number of rotatable bonds is 4. The third-order valence-corrected chi connectivity index (χ3v) is 5.17. The van der Waals surface area contributed by atoms with Gasteiger partial charge in [0.2, 0.25) is 0 Å². The van der Waals surface area contributed by atoms with Crippen LogP contribution in [0.25, 0.3) is 0 Å². The quantitative estimate of drug-likeness (QED) is 0.840. The number of hydrogen-bond acceptors (Lipinski definition) is 3. The number of amides is 1. The number of pyridine rings is 1. The lowest BCUT2D eigenvalue weighted by Gasteiger charge is -2.27. The lowest BCUT2D eigenvalue weighted by Crippen LogP contribution is -2.35. The molecule has 0 unspecified atom stereocenters. The maximum absolute atomic E-state index is 14.3. The van der Waals surface area contributed by atoms with E-state index in [2.05, 4.69) is 16.9 Å². The minimum absolute atomic E-state index is 0.185. The molecule has 1 amide bonds. The van der Waals surface area contributed by atoms with Gasteiger partial charge in [-0.3, -0.25) is 14.7 Å². The summed E-state index contributed by atoms with van der Waals surface area (Å²) in [6.07, 6.45) is 4.66. The van der Waals surface area contributed by atoms with E-state index in [9.17, 15) is 9.18 Å². The molecule has 2 heterocycles. The fourth-order valence-electron chi connectivity index (χ4n) is 3.58. The van der Waals surface area contributed by atoms with Crippen LogP contribution in [-0.4, -0.2) is 46.9 Å². The van der Waals surface area contributed by atoms with E-state index in [-0.39, 0.29) is 11.5 Å². The van der Waals surface area contributed by atoms with Gasteiger partial charge in [-0.1, -0.05) is 18.2 Å². The monoisotopic (exact) mass is 355 g/mol. The van der Waals surface area contributed by atoms with Crippen molar-refractivity contribution in [1.82, 2.24) is 14.8 Å². The molecule has 4 nitrogen and oxygen atoms in total. The summed E-state index contributed by atoms with van der Waals surface area (Å²) in [6, 6.07) is 11.4. The first kappa shape index (κ1) is 18.5. The lowest BCUT2D eigenvalue weighted by atomic mass is 10.1. The Labute approximate surface area is 154 Å². The van der Waals surface area contributed by atoms with E-state index in [1.807, 2.05) is 24.4 Å². The Hall–Kier alpha value is -2.27. The van der Waals surface area contributed by atoms with Gasteiger partial charge in [0, 0.05) is 31.9 Å². The maximum Gasteiger partial charge on any atom is 0.256 e. The summed E-state index contributed by atoms with van der Waals surface area (Å²) in [5.74, 6) is -0.593. The normalized spacial score (nSPS) is 18.0. The van der Waals surface area contributed by atoms with Crippen LogP contribution in [-0.2, 0) is 6.54 Å². The van der Waals surface area contributed by atoms with Crippen LogP contribution < -0.4 is 0 Å². The predicted molar refractivity (Wildman–Crippen MR) is 100 cm³/mol. The molecule has 1 atom stereocenters. The number of carbonyl (C=O) groups is 1. The van der Waals surface area contributed by atoms with E-state index >= 15 is 0 Å². The summed E-state index contributed by atoms with van der Waals surface area (Å²) in [6.45, 7) is 3.83. The summed E-state index contributed by atoms with van der Waals surface area (Å²) < 4.78 is 14.3.